The van der Waals surface area contributed by atoms with Crippen molar-refractivity contribution in [2.45, 2.75) is 56.6 Å². The molecule has 23 heavy (non-hydrogen) atoms. The van der Waals surface area contributed by atoms with Gasteiger partial charge in [0.15, 0.2) is 6.17 Å². The predicted octanol–water partition coefficient (Wildman–Crippen LogP) is 1.93. The van der Waals surface area contributed by atoms with Gasteiger partial charge in [0.2, 0.25) is 0 Å². The Kier molecular flexibility index (Phi) is 6.09. The minimum Gasteiger partial charge on any atom is -0.465 e. The Bertz CT molecular complexity index is 532. The van der Waals surface area contributed by atoms with Crippen molar-refractivity contribution in [3.8, 4) is 0 Å². The highest BCUT2D eigenvalue weighted by Gasteiger charge is 2.55. The van der Waals surface area contributed by atoms with Crippen LogP contribution < -0.4 is 0 Å². The van der Waals surface area contributed by atoms with E-state index in [4.69, 9.17) is 4.55 Å². The number of hydrogen-bond donors (Lipinski definition) is 2. The zero-order valence-corrected chi connectivity index (χ0v) is 13.7. The Morgan fingerprint density at radius 2 is 1.87 bits per heavy atom. The monoisotopic (exact) mass is 362 g/mol. The van der Waals surface area contributed by atoms with Crippen molar-refractivity contribution >= 4 is 16.1 Å². The largest absolute Gasteiger partial charge is 0.465 e. The fourth-order valence-electron chi connectivity index (χ4n) is 2.52. The summed E-state index contributed by atoms with van der Waals surface area (Å²) in [6, 6.07) is 0. The summed E-state index contributed by atoms with van der Waals surface area (Å²) in [5.74, 6) is -1.59. The summed E-state index contributed by atoms with van der Waals surface area (Å²) >= 11 is 0. The Morgan fingerprint density at radius 3 is 2.30 bits per heavy atom. The number of esters is 1. The zero-order chi connectivity index (χ0) is 18.1. The second-order valence-electron chi connectivity index (χ2n) is 5.72. The number of ether oxygens (including phenoxy) is 1. The van der Waals surface area contributed by atoms with E-state index < -0.39 is 52.1 Å². The number of aliphatic hydroxyl groups is 1. The molecule has 0 heterocycles. The average molecular weight is 362 g/mol. The normalized spacial score (nSPS) is 23.4. The molecule has 1 rings (SSSR count). The molecule has 3 unspecified atom stereocenters. The van der Waals surface area contributed by atoms with Crippen LogP contribution in [0.5, 0.6) is 0 Å². The molecule has 1 aliphatic rings. The van der Waals surface area contributed by atoms with Gasteiger partial charge >= 0.3 is 21.3 Å². The van der Waals surface area contributed by atoms with Crippen LogP contribution in [0.1, 0.15) is 39.5 Å². The first-order chi connectivity index (χ1) is 10.4. The molecule has 0 saturated heterocycles. The van der Waals surface area contributed by atoms with E-state index in [2.05, 4.69) is 4.74 Å². The van der Waals surface area contributed by atoms with Gasteiger partial charge in [-0.05, 0) is 19.3 Å². The molecule has 136 valence electrons. The maximum Gasteiger partial charge on any atom is 0.400 e. The molecule has 0 radical (unpaired) electrons. The lowest BCUT2D eigenvalue weighted by Gasteiger charge is -2.25. The maximum absolute atomic E-state index is 13.2. The minimum atomic E-state index is -5.87. The van der Waals surface area contributed by atoms with Crippen molar-refractivity contribution in [3.05, 3.63) is 0 Å². The number of rotatable bonds is 9. The summed E-state index contributed by atoms with van der Waals surface area (Å²) in [4.78, 5) is 11.7. The van der Waals surface area contributed by atoms with Crippen LogP contribution in [-0.4, -0.2) is 47.7 Å². The van der Waals surface area contributed by atoms with Gasteiger partial charge in [0, 0.05) is 12.3 Å². The topological polar surface area (TPSA) is 101 Å². The summed E-state index contributed by atoms with van der Waals surface area (Å²) < 4.78 is 72.7. The van der Waals surface area contributed by atoms with Crippen LogP contribution in [0.15, 0.2) is 0 Å². The second-order valence-corrected chi connectivity index (χ2v) is 7.21. The highest BCUT2D eigenvalue weighted by molar-refractivity contribution is 7.86. The van der Waals surface area contributed by atoms with Gasteiger partial charge in [-0.3, -0.25) is 9.35 Å². The molecule has 1 saturated carbocycles. The summed E-state index contributed by atoms with van der Waals surface area (Å²) in [6.07, 6.45) is -2.96. The second kappa shape index (κ2) is 6.94. The summed E-state index contributed by atoms with van der Waals surface area (Å²) in [5.41, 5.74) is -0.996. The van der Waals surface area contributed by atoms with Gasteiger partial charge in [0.25, 0.3) is 0 Å². The highest BCUT2D eigenvalue weighted by atomic mass is 32.2. The van der Waals surface area contributed by atoms with E-state index in [9.17, 15) is 31.5 Å². The van der Waals surface area contributed by atoms with E-state index >= 15 is 0 Å². The molecule has 6 nitrogen and oxygen atoms in total. The molecule has 0 amide bonds. The molecule has 2 N–H and O–H groups in total. The molecule has 0 aromatic heterocycles. The predicted molar refractivity (Wildman–Crippen MR) is 74.1 cm³/mol. The van der Waals surface area contributed by atoms with Crippen molar-refractivity contribution in [2.24, 2.45) is 11.8 Å². The van der Waals surface area contributed by atoms with Crippen molar-refractivity contribution in [1.29, 1.82) is 0 Å². The third-order valence-electron chi connectivity index (χ3n) is 4.33. The van der Waals surface area contributed by atoms with Crippen LogP contribution in [0.4, 0.5) is 13.2 Å². The van der Waals surface area contributed by atoms with Crippen molar-refractivity contribution < 1.29 is 40.8 Å². The van der Waals surface area contributed by atoms with E-state index in [1.54, 1.807) is 13.8 Å². The highest BCUT2D eigenvalue weighted by Crippen LogP contribution is 2.49. The van der Waals surface area contributed by atoms with E-state index in [0.717, 1.165) is 0 Å². The zero-order valence-electron chi connectivity index (χ0n) is 12.8. The van der Waals surface area contributed by atoms with E-state index in [0.29, 0.717) is 19.3 Å². The van der Waals surface area contributed by atoms with Crippen LogP contribution in [0, 0.1) is 11.8 Å². The summed E-state index contributed by atoms with van der Waals surface area (Å²) in [7, 11) is -5.87. The van der Waals surface area contributed by atoms with Gasteiger partial charge in [-0.2, -0.15) is 17.2 Å². The molecule has 3 atom stereocenters. The average Bonchev–Trinajstić information content (AvgIpc) is 3.25. The fourth-order valence-corrected chi connectivity index (χ4v) is 2.96. The molecule has 10 heteroatoms. The van der Waals surface area contributed by atoms with E-state index in [1.165, 1.54) is 0 Å². The first-order valence-corrected chi connectivity index (χ1v) is 8.72. The van der Waals surface area contributed by atoms with Crippen molar-refractivity contribution in [1.82, 2.24) is 0 Å². The van der Waals surface area contributed by atoms with Gasteiger partial charge in [-0.1, -0.05) is 13.8 Å². The van der Waals surface area contributed by atoms with Gasteiger partial charge in [-0.25, -0.2) is 4.39 Å². The molecule has 0 bridgehead atoms. The molecule has 0 aromatic rings. The Hall–Kier alpha value is -0.870. The number of hydrogen-bond acceptors (Lipinski definition) is 5. The maximum atomic E-state index is 13.2. The standard InChI is InChI=1S/C13H21F3O6S/c1-3-12(18,4-2)9-7-8(9)11(17)22-6-5-10(14)13(15,16)23(19,20)21/h8-10,18H,3-7H2,1-2H3,(H,19,20,21). The lowest BCUT2D eigenvalue weighted by atomic mass is 9.90. The molecule has 1 fully saturated rings. The Morgan fingerprint density at radius 1 is 1.35 bits per heavy atom. The van der Waals surface area contributed by atoms with Crippen LogP contribution in [0.3, 0.4) is 0 Å². The third-order valence-corrected chi connectivity index (χ3v) is 5.28. The van der Waals surface area contributed by atoms with Gasteiger partial charge in [0.1, 0.15) is 0 Å². The fraction of sp³-hybridized carbons (Fsp3) is 0.923. The van der Waals surface area contributed by atoms with E-state index in [1.807, 2.05) is 0 Å². The lowest BCUT2D eigenvalue weighted by Crippen LogP contribution is -2.39. The number of carbonyl (C=O) groups is 1. The first-order valence-electron chi connectivity index (χ1n) is 7.28. The molecular weight excluding hydrogens is 341 g/mol. The van der Waals surface area contributed by atoms with Crippen LogP contribution in [-0.2, 0) is 19.6 Å². The van der Waals surface area contributed by atoms with Crippen LogP contribution in [0.25, 0.3) is 0 Å². The van der Waals surface area contributed by atoms with Crippen LogP contribution >= 0.6 is 0 Å². The minimum absolute atomic E-state index is 0.287. The molecule has 1 aliphatic carbocycles. The molecule has 0 aromatic carbocycles. The first kappa shape index (κ1) is 20.2. The summed E-state index contributed by atoms with van der Waals surface area (Å²) in [5, 5.41) is 5.28. The lowest BCUT2D eigenvalue weighted by molar-refractivity contribution is -0.147. The number of carbonyl (C=O) groups excluding carboxylic acids is 1. The smallest absolute Gasteiger partial charge is 0.400 e. The number of alkyl halides is 3. The van der Waals surface area contributed by atoms with Gasteiger partial charge in [-0.15, -0.1) is 0 Å². The third kappa shape index (κ3) is 4.36. The summed E-state index contributed by atoms with van der Waals surface area (Å²) in [6.45, 7) is 2.80. The quantitative estimate of drug-likeness (QED) is 0.480. The van der Waals surface area contributed by atoms with Crippen molar-refractivity contribution in [2.75, 3.05) is 6.61 Å². The van der Waals surface area contributed by atoms with Crippen LogP contribution in [0.2, 0.25) is 0 Å². The SMILES string of the molecule is CCC(O)(CC)C1CC1C(=O)OCCC(F)C(F)(F)S(=O)(=O)O. The van der Waals surface area contributed by atoms with Gasteiger partial charge in [0.05, 0.1) is 18.1 Å². The van der Waals surface area contributed by atoms with Gasteiger partial charge < -0.3 is 9.84 Å². The molecule has 0 aliphatic heterocycles. The van der Waals surface area contributed by atoms with E-state index in [-0.39, 0.29) is 5.92 Å². The van der Waals surface area contributed by atoms with Crippen molar-refractivity contribution in [3.63, 3.8) is 0 Å². The molecular formula is C13H21F3O6S. The number of halogens is 3. The molecule has 0 spiro atoms. The Balaban J connectivity index is 2.45. The Labute approximate surface area is 132 Å².